The van der Waals surface area contributed by atoms with Crippen LogP contribution in [-0.2, 0) is 17.6 Å². The summed E-state index contributed by atoms with van der Waals surface area (Å²) >= 11 is 2.11. The summed E-state index contributed by atoms with van der Waals surface area (Å²) in [4.78, 5) is 29.9. The highest BCUT2D eigenvalue weighted by Gasteiger charge is 2.56. The van der Waals surface area contributed by atoms with E-state index in [9.17, 15) is 31.5 Å². The molecule has 9 rings (SSSR count). The minimum Gasteiger partial charge on any atom is -0.497 e. The zero-order valence-electron chi connectivity index (χ0n) is 34.1. The molecule has 3 aliphatic rings. The molecule has 0 bridgehead atoms. The molecule has 2 aliphatic heterocycles. The number of amidine groups is 1. The molecular weight excluding hydrogens is 969 g/mol. The number of fused-ring (bicyclic) bond motifs is 6. The SMILES string of the molecule is COc1ccc2c(c1)CCc1c(-c3ccccc3)c3n(c1-2)[B-](F)(F)[N+]1=C(c2ccc(OCC(=O)NCCCNC(=O)c4c(F)c(F)c(F)c(F)c4F)cc2)C(I)=C(c2ccccc2)C1=N3. The number of halogens is 8. The number of ether oxygens (including phenoxy) is 2. The second-order valence-corrected chi connectivity index (χ2v) is 16.4. The van der Waals surface area contributed by atoms with Crippen LogP contribution in [0.1, 0.15) is 39.0 Å². The van der Waals surface area contributed by atoms with Crippen molar-refractivity contribution in [2.45, 2.75) is 19.3 Å². The maximum atomic E-state index is 18.2. The summed E-state index contributed by atoms with van der Waals surface area (Å²) in [5.74, 6) is -12.3. The van der Waals surface area contributed by atoms with Crippen LogP contribution in [0.4, 0.5) is 36.4 Å². The molecule has 5 aromatic carbocycles. The monoisotopic (exact) mass is 1000 g/mol. The summed E-state index contributed by atoms with van der Waals surface area (Å²) < 4.78 is 119. The van der Waals surface area contributed by atoms with Gasteiger partial charge in [0.1, 0.15) is 22.8 Å². The van der Waals surface area contributed by atoms with Gasteiger partial charge in [-0.1, -0.05) is 60.7 Å². The Labute approximate surface area is 380 Å². The Morgan fingerprint density at radius 3 is 2.05 bits per heavy atom. The zero-order valence-corrected chi connectivity index (χ0v) is 36.3. The van der Waals surface area contributed by atoms with Gasteiger partial charge in [-0.25, -0.2) is 22.0 Å². The Bertz CT molecular complexity index is 3010. The molecule has 18 heteroatoms. The average molecular weight is 1000 g/mol. The van der Waals surface area contributed by atoms with E-state index in [1.165, 1.54) is 0 Å². The largest absolute Gasteiger partial charge is 0.642 e. The van der Waals surface area contributed by atoms with Crippen LogP contribution in [-0.4, -0.2) is 66.1 Å². The van der Waals surface area contributed by atoms with Crippen LogP contribution < -0.4 is 20.1 Å². The Hall–Kier alpha value is -6.70. The molecule has 1 aromatic heterocycles. The van der Waals surface area contributed by atoms with Crippen LogP contribution in [0.2, 0.25) is 0 Å². The smallest absolute Gasteiger partial charge is 0.497 e. The third-order valence-corrected chi connectivity index (χ3v) is 12.5. The Morgan fingerprint density at radius 2 is 1.38 bits per heavy atom. The van der Waals surface area contributed by atoms with Gasteiger partial charge in [0.2, 0.25) is 11.6 Å². The van der Waals surface area contributed by atoms with E-state index in [0.29, 0.717) is 55.7 Å². The number of carbonyl (C=O) groups excluding carboxylic acids is 2. The van der Waals surface area contributed by atoms with Crippen molar-refractivity contribution in [1.29, 1.82) is 0 Å². The normalized spacial score (nSPS) is 14.6. The van der Waals surface area contributed by atoms with E-state index in [0.717, 1.165) is 25.7 Å². The van der Waals surface area contributed by atoms with Crippen molar-refractivity contribution in [1.82, 2.24) is 15.1 Å². The Balaban J connectivity index is 0.983. The van der Waals surface area contributed by atoms with Crippen LogP contribution in [0.3, 0.4) is 0 Å². The number of allylic oxidation sites excluding steroid dienone is 1. The second-order valence-electron chi connectivity index (χ2n) is 15.3. The Morgan fingerprint density at radius 1 is 0.769 bits per heavy atom. The molecule has 0 fully saturated rings. The predicted molar refractivity (Wildman–Crippen MR) is 240 cm³/mol. The molecule has 2 amide bonds. The van der Waals surface area contributed by atoms with E-state index in [-0.39, 0.29) is 42.6 Å². The molecule has 6 aromatic rings. The summed E-state index contributed by atoms with van der Waals surface area (Å²) in [6, 6.07) is 30.6. The summed E-state index contributed by atoms with van der Waals surface area (Å²) in [5.41, 5.74) is 4.55. The molecule has 3 heterocycles. The lowest BCUT2D eigenvalue weighted by molar-refractivity contribution is -0.291. The number of hydrogen-bond donors (Lipinski definition) is 2. The van der Waals surface area contributed by atoms with Crippen LogP contribution >= 0.6 is 22.6 Å². The first-order valence-electron chi connectivity index (χ1n) is 20.3. The number of hydrogen-bond acceptors (Lipinski definition) is 5. The molecule has 0 radical (unpaired) electrons. The van der Waals surface area contributed by atoms with E-state index >= 15 is 8.63 Å². The van der Waals surface area contributed by atoms with Crippen molar-refractivity contribution in [2.75, 3.05) is 26.8 Å². The van der Waals surface area contributed by atoms with Gasteiger partial charge in [-0.15, -0.1) is 0 Å². The summed E-state index contributed by atoms with van der Waals surface area (Å²) in [7, 11) is 1.57. The van der Waals surface area contributed by atoms with E-state index in [1.807, 2.05) is 72.8 Å². The van der Waals surface area contributed by atoms with Gasteiger partial charge in [-0.05, 0) is 117 Å². The third kappa shape index (κ3) is 7.56. The Kier molecular flexibility index (Phi) is 11.6. The quantitative estimate of drug-likeness (QED) is 0.0319. The lowest BCUT2D eigenvalue weighted by Crippen LogP contribution is -2.53. The third-order valence-electron chi connectivity index (χ3n) is 11.5. The fourth-order valence-electron chi connectivity index (χ4n) is 8.50. The molecule has 65 heavy (non-hydrogen) atoms. The van der Waals surface area contributed by atoms with Crippen molar-refractivity contribution in [2.24, 2.45) is 4.99 Å². The minimum atomic E-state index is -4.62. The van der Waals surface area contributed by atoms with Gasteiger partial charge in [0.05, 0.1) is 21.8 Å². The van der Waals surface area contributed by atoms with E-state index < -0.39 is 60.0 Å². The highest BCUT2D eigenvalue weighted by atomic mass is 127. The lowest BCUT2D eigenvalue weighted by Gasteiger charge is -2.33. The predicted octanol–water partition coefficient (Wildman–Crippen LogP) is 9.57. The van der Waals surface area contributed by atoms with Gasteiger partial charge in [-0.2, -0.15) is 0 Å². The van der Waals surface area contributed by atoms with Gasteiger partial charge >= 0.3 is 6.97 Å². The standard InChI is InChI=1S/C47H34BF7IN5O4/c1-64-30-18-20-31-28(23-30)15-19-32-34(25-9-4-2-5-10-25)45-59-46-35(26-11-6-3-7-12-26)42(56)43(60(46)48(54,55)61(45)44(31)32)27-13-16-29(17-14-27)65-24-33(62)57-21-8-22-58-47(63)36-37(49)39(51)41(53)40(52)38(36)50/h2-7,9-14,16-18,20,23H,8,15,19,21-22,24H2,1H3,(H,57,62)(H,58,63). The first-order valence-corrected chi connectivity index (χ1v) is 21.4. The number of nitrogens with one attached hydrogen (secondary N) is 2. The van der Waals surface area contributed by atoms with Crippen molar-refractivity contribution in [3.05, 3.63) is 164 Å². The number of amides is 2. The fraction of sp³-hybridized carbons (Fsp3) is 0.149. The van der Waals surface area contributed by atoms with Gasteiger partial charge in [0.15, 0.2) is 29.9 Å². The van der Waals surface area contributed by atoms with Crippen molar-refractivity contribution >= 4 is 64.3 Å². The summed E-state index contributed by atoms with van der Waals surface area (Å²) in [6.07, 6.45) is 1.18. The molecule has 0 spiro atoms. The average Bonchev–Trinajstić information content (AvgIpc) is 3.82. The van der Waals surface area contributed by atoms with Crippen molar-refractivity contribution < 1.29 is 54.1 Å². The first-order chi connectivity index (χ1) is 31.3. The van der Waals surface area contributed by atoms with Gasteiger partial charge < -0.3 is 37.7 Å². The molecule has 9 nitrogen and oxygen atoms in total. The molecule has 0 saturated heterocycles. The second kappa shape index (κ2) is 17.4. The number of benzene rings is 5. The first kappa shape index (κ1) is 43.6. The van der Waals surface area contributed by atoms with Gasteiger partial charge in [-0.3, -0.25) is 9.59 Å². The van der Waals surface area contributed by atoms with Crippen molar-refractivity contribution in [3.63, 3.8) is 0 Å². The lowest BCUT2D eigenvalue weighted by atomic mass is 9.85. The molecule has 2 N–H and O–H groups in total. The highest BCUT2D eigenvalue weighted by Crippen LogP contribution is 2.52. The summed E-state index contributed by atoms with van der Waals surface area (Å²) in [5, 5.41) is 4.60. The van der Waals surface area contributed by atoms with Crippen LogP contribution in [0.25, 0.3) is 28.0 Å². The minimum absolute atomic E-state index is 0.0351. The van der Waals surface area contributed by atoms with Crippen LogP contribution in [0.5, 0.6) is 11.5 Å². The van der Waals surface area contributed by atoms with Crippen molar-refractivity contribution in [3.8, 4) is 33.9 Å². The number of methoxy groups -OCH3 is 1. The molecule has 0 saturated carbocycles. The number of rotatable bonds is 12. The zero-order chi connectivity index (χ0) is 45.7. The highest BCUT2D eigenvalue weighted by molar-refractivity contribution is 14.1. The van der Waals surface area contributed by atoms with E-state index in [1.54, 1.807) is 37.4 Å². The molecular formula is C47H34BF7IN5O4. The van der Waals surface area contributed by atoms with E-state index in [4.69, 9.17) is 14.5 Å². The summed E-state index contributed by atoms with van der Waals surface area (Å²) in [6.45, 7) is -5.38. The number of aromatic nitrogens is 1. The fourth-order valence-corrected chi connectivity index (χ4v) is 9.62. The van der Waals surface area contributed by atoms with Gasteiger partial charge in [0.25, 0.3) is 17.6 Å². The van der Waals surface area contributed by atoms with E-state index in [2.05, 4.69) is 33.2 Å². The van der Waals surface area contributed by atoms with Gasteiger partial charge in [0, 0.05) is 24.3 Å². The topological polar surface area (TPSA) is 97.0 Å². The number of aliphatic imine (C=N–C) groups is 1. The molecule has 1 aliphatic carbocycles. The number of aryl methyl sites for hydroxylation is 1. The number of carbonyl (C=O) groups is 2. The number of nitrogens with zero attached hydrogens (tertiary/aromatic N) is 3. The molecule has 0 unspecified atom stereocenters. The maximum absolute atomic E-state index is 18.2. The molecule has 330 valence electrons. The maximum Gasteiger partial charge on any atom is 0.642 e. The van der Waals surface area contributed by atoms with Crippen LogP contribution in [0, 0.1) is 29.1 Å². The van der Waals surface area contributed by atoms with Crippen LogP contribution in [0.15, 0.2) is 112 Å². The molecule has 0 atom stereocenters.